The number of nitrogens with zero attached hydrogens (tertiary/aromatic N) is 2. The van der Waals surface area contributed by atoms with Gasteiger partial charge >= 0.3 is 0 Å². The molecule has 9 heteroatoms. The number of ether oxygens (including phenoxy) is 2. The zero-order chi connectivity index (χ0) is 28.3. The molecule has 0 bridgehead atoms. The van der Waals surface area contributed by atoms with Gasteiger partial charge in [0.1, 0.15) is 0 Å². The Balaban J connectivity index is 1.73. The van der Waals surface area contributed by atoms with Gasteiger partial charge in [-0.3, -0.25) is 9.69 Å². The van der Waals surface area contributed by atoms with Gasteiger partial charge in [-0.25, -0.2) is 0 Å². The fourth-order valence-electron chi connectivity index (χ4n) is 4.20. The van der Waals surface area contributed by atoms with Crippen molar-refractivity contribution in [2.45, 2.75) is 77.0 Å². The van der Waals surface area contributed by atoms with Gasteiger partial charge in [0, 0.05) is 6.54 Å². The number of unbranched alkanes of at least 4 members (excludes halogenated alkanes) is 6. The van der Waals surface area contributed by atoms with E-state index in [9.17, 15) is 13.2 Å². The predicted octanol–water partition coefficient (Wildman–Crippen LogP) is 7.07. The molecule has 39 heavy (non-hydrogen) atoms. The zero-order valence-corrected chi connectivity index (χ0v) is 25.1. The Hall–Kier alpha value is -2.78. The van der Waals surface area contributed by atoms with Crippen molar-refractivity contribution in [3.63, 3.8) is 0 Å². The molecular weight excluding hydrogens is 532 g/mol. The van der Waals surface area contributed by atoms with E-state index in [0.29, 0.717) is 29.6 Å². The van der Waals surface area contributed by atoms with Crippen LogP contribution in [0.25, 0.3) is 6.08 Å². The van der Waals surface area contributed by atoms with E-state index in [0.717, 1.165) is 42.2 Å². The summed E-state index contributed by atoms with van der Waals surface area (Å²) in [7, 11) is -2.36. The maximum atomic E-state index is 13.1. The minimum atomic E-state index is -3.96. The second kappa shape index (κ2) is 15.1. The van der Waals surface area contributed by atoms with Crippen LogP contribution in [0.3, 0.4) is 0 Å². The summed E-state index contributed by atoms with van der Waals surface area (Å²) < 4.78 is 41.4. The lowest BCUT2D eigenvalue weighted by atomic mass is 10.1. The van der Waals surface area contributed by atoms with Gasteiger partial charge in [0.05, 0.1) is 23.5 Å². The highest BCUT2D eigenvalue weighted by Crippen LogP contribution is 2.35. The summed E-state index contributed by atoms with van der Waals surface area (Å²) in [5.74, 6) is 0.967. The molecule has 7 nitrogen and oxygen atoms in total. The molecule has 0 aliphatic carbocycles. The third kappa shape index (κ3) is 8.60. The van der Waals surface area contributed by atoms with Gasteiger partial charge in [0.25, 0.3) is 15.9 Å². The number of methoxy groups -OCH3 is 1. The average molecular weight is 573 g/mol. The number of hydrogen-bond donors (Lipinski definition) is 0. The molecule has 0 radical (unpaired) electrons. The summed E-state index contributed by atoms with van der Waals surface area (Å²) in [6, 6.07) is 12.2. The van der Waals surface area contributed by atoms with Crippen molar-refractivity contribution in [2.24, 2.45) is 4.40 Å². The number of aryl methyl sites for hydroxylation is 1. The molecule has 1 amide bonds. The van der Waals surface area contributed by atoms with Crippen molar-refractivity contribution in [3.05, 3.63) is 58.5 Å². The van der Waals surface area contributed by atoms with E-state index in [2.05, 4.69) is 11.3 Å². The standard InChI is InChI=1S/C30H40N2O5S2/c1-5-8-9-10-11-12-13-20-37-27-21-24(16-19-26(27)36-4)22-28-29(33)32(7-3)30(38-28)31-39(34,35)25-17-14-23(6-2)15-18-25/h14-19,21-22H,5-13,20H2,1-4H3/b28-22-,31-30?. The van der Waals surface area contributed by atoms with Crippen LogP contribution in [0.2, 0.25) is 0 Å². The molecule has 1 saturated heterocycles. The van der Waals surface area contributed by atoms with Crippen molar-refractivity contribution in [1.29, 1.82) is 0 Å². The number of likely N-dealkylation sites (N-methyl/N-ethyl adjacent to an activating group) is 1. The number of hydrogen-bond acceptors (Lipinski definition) is 6. The second-order valence-electron chi connectivity index (χ2n) is 9.39. The molecule has 0 spiro atoms. The molecule has 1 aliphatic rings. The Morgan fingerprint density at radius 1 is 0.923 bits per heavy atom. The van der Waals surface area contributed by atoms with Crippen molar-refractivity contribution >= 4 is 38.9 Å². The third-order valence-corrected chi connectivity index (χ3v) is 8.93. The minimum absolute atomic E-state index is 0.103. The van der Waals surface area contributed by atoms with Crippen LogP contribution in [0.4, 0.5) is 0 Å². The highest BCUT2D eigenvalue weighted by Gasteiger charge is 2.34. The molecule has 0 aromatic heterocycles. The maximum absolute atomic E-state index is 13.1. The van der Waals surface area contributed by atoms with Crippen LogP contribution in [0.15, 0.2) is 56.7 Å². The second-order valence-corrected chi connectivity index (χ2v) is 12.0. The molecule has 1 aliphatic heterocycles. The summed E-state index contributed by atoms with van der Waals surface area (Å²) in [5, 5.41) is 0.150. The molecule has 3 rings (SSSR count). The number of amidine groups is 1. The molecule has 0 atom stereocenters. The number of rotatable bonds is 15. The lowest BCUT2D eigenvalue weighted by Gasteiger charge is -2.12. The Labute approximate surface area is 237 Å². The molecule has 2 aromatic rings. The first-order chi connectivity index (χ1) is 18.8. The fourth-order valence-corrected chi connectivity index (χ4v) is 6.44. The summed E-state index contributed by atoms with van der Waals surface area (Å²) in [6.45, 7) is 6.92. The molecule has 0 unspecified atom stereocenters. The molecule has 2 aromatic carbocycles. The number of carbonyl (C=O) groups excluding carboxylic acids is 1. The van der Waals surface area contributed by atoms with Crippen LogP contribution in [-0.4, -0.2) is 44.7 Å². The number of amides is 1. The van der Waals surface area contributed by atoms with Gasteiger partial charge in [-0.1, -0.05) is 70.6 Å². The highest BCUT2D eigenvalue weighted by atomic mass is 32.2. The fraction of sp³-hybridized carbons (Fsp3) is 0.467. The summed E-state index contributed by atoms with van der Waals surface area (Å²) >= 11 is 1.06. The first kappa shape index (κ1) is 30.8. The van der Waals surface area contributed by atoms with Gasteiger partial charge in [-0.2, -0.15) is 8.42 Å². The SMILES string of the molecule is CCCCCCCCCOc1cc(/C=C2\SC(=NS(=O)(=O)c3ccc(CC)cc3)N(CC)C2=O)ccc1OC. The van der Waals surface area contributed by atoms with E-state index in [1.807, 2.05) is 25.1 Å². The summed E-state index contributed by atoms with van der Waals surface area (Å²) in [5.41, 5.74) is 1.80. The van der Waals surface area contributed by atoms with E-state index >= 15 is 0 Å². The molecule has 0 saturated carbocycles. The van der Waals surface area contributed by atoms with E-state index in [4.69, 9.17) is 9.47 Å². The monoisotopic (exact) mass is 572 g/mol. The lowest BCUT2D eigenvalue weighted by Crippen LogP contribution is -2.29. The molecule has 1 heterocycles. The van der Waals surface area contributed by atoms with Crippen LogP contribution in [0, 0.1) is 0 Å². The lowest BCUT2D eigenvalue weighted by molar-refractivity contribution is -0.122. The van der Waals surface area contributed by atoms with Crippen LogP contribution in [-0.2, 0) is 21.2 Å². The van der Waals surface area contributed by atoms with Crippen molar-refractivity contribution in [1.82, 2.24) is 4.90 Å². The van der Waals surface area contributed by atoms with Crippen LogP contribution in [0.1, 0.15) is 76.8 Å². The first-order valence-corrected chi connectivity index (χ1v) is 16.0. The minimum Gasteiger partial charge on any atom is -0.493 e. The highest BCUT2D eigenvalue weighted by molar-refractivity contribution is 8.19. The summed E-state index contributed by atoms with van der Waals surface area (Å²) in [4.78, 5) is 15.0. The predicted molar refractivity (Wildman–Crippen MR) is 160 cm³/mol. The topological polar surface area (TPSA) is 85.3 Å². The van der Waals surface area contributed by atoms with Gasteiger partial charge in [0.15, 0.2) is 16.7 Å². The zero-order valence-electron chi connectivity index (χ0n) is 23.4. The van der Waals surface area contributed by atoms with Gasteiger partial charge in [0.2, 0.25) is 0 Å². The van der Waals surface area contributed by atoms with Gasteiger partial charge < -0.3 is 9.47 Å². The van der Waals surface area contributed by atoms with Gasteiger partial charge in [-0.15, -0.1) is 4.40 Å². The van der Waals surface area contributed by atoms with Gasteiger partial charge in [-0.05, 0) is 73.0 Å². The van der Waals surface area contributed by atoms with Crippen molar-refractivity contribution in [2.75, 3.05) is 20.3 Å². The smallest absolute Gasteiger partial charge is 0.284 e. The largest absolute Gasteiger partial charge is 0.493 e. The normalized spacial score (nSPS) is 15.9. The number of thioether (sulfide) groups is 1. The summed E-state index contributed by atoms with van der Waals surface area (Å²) in [6.07, 6.45) is 11.0. The van der Waals surface area contributed by atoms with E-state index in [-0.39, 0.29) is 16.0 Å². The van der Waals surface area contributed by atoms with E-state index < -0.39 is 10.0 Å². The Bertz CT molecular complexity index is 1270. The number of sulfonamides is 1. The molecule has 212 valence electrons. The average Bonchev–Trinajstić information content (AvgIpc) is 3.22. The quantitative estimate of drug-likeness (QED) is 0.168. The van der Waals surface area contributed by atoms with Crippen LogP contribution >= 0.6 is 11.8 Å². The number of carbonyl (C=O) groups is 1. The Morgan fingerprint density at radius 3 is 2.26 bits per heavy atom. The van der Waals surface area contributed by atoms with Crippen molar-refractivity contribution in [3.8, 4) is 11.5 Å². The molecule has 1 fully saturated rings. The van der Waals surface area contributed by atoms with Crippen LogP contribution in [0.5, 0.6) is 11.5 Å². The Morgan fingerprint density at radius 2 is 1.62 bits per heavy atom. The van der Waals surface area contributed by atoms with E-state index in [1.165, 1.54) is 37.0 Å². The third-order valence-electron chi connectivity index (χ3n) is 6.52. The Kier molecular flexibility index (Phi) is 11.9. The molecular formula is C30H40N2O5S2. The molecule has 0 N–H and O–H groups in total. The number of benzene rings is 2. The van der Waals surface area contributed by atoms with E-state index in [1.54, 1.807) is 44.4 Å². The maximum Gasteiger partial charge on any atom is 0.284 e. The first-order valence-electron chi connectivity index (χ1n) is 13.8. The van der Waals surface area contributed by atoms with Crippen LogP contribution < -0.4 is 9.47 Å². The van der Waals surface area contributed by atoms with Crippen molar-refractivity contribution < 1.29 is 22.7 Å².